The monoisotopic (exact) mass is 332 g/mol. The molecule has 2 rings (SSSR count). The molecule has 1 saturated heterocycles. The zero-order valence-electron chi connectivity index (χ0n) is 12.3. The van der Waals surface area contributed by atoms with Crippen LogP contribution in [0.25, 0.3) is 0 Å². The van der Waals surface area contributed by atoms with Gasteiger partial charge in [0.05, 0.1) is 4.90 Å². The molecule has 4 nitrogen and oxygen atoms in total. The molecule has 0 unspecified atom stereocenters. The molecule has 1 aliphatic rings. The summed E-state index contributed by atoms with van der Waals surface area (Å²) in [6, 6.07) is 2.79. The molecule has 0 aliphatic carbocycles. The molecule has 1 aromatic rings. The van der Waals surface area contributed by atoms with E-state index in [9.17, 15) is 12.8 Å². The number of aryl methyl sites for hydroxylation is 1. The molecule has 0 radical (unpaired) electrons. The lowest BCUT2D eigenvalue weighted by Gasteiger charge is -2.22. The molecule has 21 heavy (non-hydrogen) atoms. The first-order valence-corrected chi connectivity index (χ1v) is 9.61. The van der Waals surface area contributed by atoms with Crippen molar-refractivity contribution in [1.29, 1.82) is 0 Å². The number of hydrogen-bond donors (Lipinski definition) is 2. The van der Waals surface area contributed by atoms with Crippen molar-refractivity contribution in [2.75, 3.05) is 18.6 Å². The van der Waals surface area contributed by atoms with Crippen molar-refractivity contribution in [3.8, 4) is 0 Å². The molecule has 1 aromatic carbocycles. The zero-order chi connectivity index (χ0) is 15.5. The van der Waals surface area contributed by atoms with Crippen LogP contribution in [0.5, 0.6) is 0 Å². The highest BCUT2D eigenvalue weighted by molar-refractivity contribution is 7.99. The van der Waals surface area contributed by atoms with E-state index in [-0.39, 0.29) is 16.8 Å². The van der Waals surface area contributed by atoms with Gasteiger partial charge in [-0.3, -0.25) is 0 Å². The van der Waals surface area contributed by atoms with E-state index in [1.54, 1.807) is 14.0 Å². The third-order valence-electron chi connectivity index (χ3n) is 3.52. The summed E-state index contributed by atoms with van der Waals surface area (Å²) in [5, 5.41) is 2.85. The highest BCUT2D eigenvalue weighted by Gasteiger charge is 2.23. The van der Waals surface area contributed by atoms with E-state index in [1.165, 1.54) is 12.1 Å². The lowest BCUT2D eigenvalue weighted by molar-refractivity contribution is 0.528. The van der Waals surface area contributed by atoms with Gasteiger partial charge in [-0.2, -0.15) is 11.8 Å². The minimum atomic E-state index is -3.59. The predicted octanol–water partition coefficient (Wildman–Crippen LogP) is 2.03. The van der Waals surface area contributed by atoms with Gasteiger partial charge in [-0.1, -0.05) is 0 Å². The summed E-state index contributed by atoms with van der Waals surface area (Å²) in [6.07, 6.45) is 1.68. The second kappa shape index (κ2) is 7.09. The van der Waals surface area contributed by atoms with Crippen molar-refractivity contribution >= 4 is 21.8 Å². The number of nitrogens with one attached hydrogen (secondary N) is 2. The van der Waals surface area contributed by atoms with Gasteiger partial charge < -0.3 is 5.32 Å². The van der Waals surface area contributed by atoms with Gasteiger partial charge in [0.1, 0.15) is 5.82 Å². The van der Waals surface area contributed by atoms with Crippen molar-refractivity contribution in [2.45, 2.75) is 37.2 Å². The smallest absolute Gasteiger partial charge is 0.240 e. The van der Waals surface area contributed by atoms with Crippen LogP contribution >= 0.6 is 11.8 Å². The molecule has 1 aliphatic heterocycles. The summed E-state index contributed by atoms with van der Waals surface area (Å²) < 4.78 is 41.6. The summed E-state index contributed by atoms with van der Waals surface area (Å²) >= 11 is 1.84. The Morgan fingerprint density at radius 3 is 2.62 bits per heavy atom. The van der Waals surface area contributed by atoms with Crippen LogP contribution in [0, 0.1) is 12.7 Å². The van der Waals surface area contributed by atoms with Crippen LogP contribution in [0.3, 0.4) is 0 Å². The Kier molecular flexibility index (Phi) is 5.65. The lowest BCUT2D eigenvalue weighted by Crippen LogP contribution is -2.37. The fourth-order valence-electron chi connectivity index (χ4n) is 2.38. The van der Waals surface area contributed by atoms with E-state index in [1.807, 2.05) is 11.8 Å². The molecular weight excluding hydrogens is 311 g/mol. The Hall–Kier alpha value is -0.630. The fourth-order valence-corrected chi connectivity index (χ4v) is 4.93. The maximum atomic E-state index is 14.0. The van der Waals surface area contributed by atoms with Gasteiger partial charge in [-0.15, -0.1) is 0 Å². The number of benzene rings is 1. The summed E-state index contributed by atoms with van der Waals surface area (Å²) in [4.78, 5) is 0.143. The molecule has 0 atom stereocenters. The quantitative estimate of drug-likeness (QED) is 0.866. The van der Waals surface area contributed by atoms with Crippen molar-refractivity contribution in [2.24, 2.45) is 0 Å². The highest BCUT2D eigenvalue weighted by Crippen LogP contribution is 2.22. The zero-order valence-corrected chi connectivity index (χ0v) is 13.9. The third kappa shape index (κ3) is 4.18. The lowest BCUT2D eigenvalue weighted by atomic mass is 10.1. The van der Waals surface area contributed by atoms with E-state index in [0.29, 0.717) is 17.7 Å². The summed E-state index contributed by atoms with van der Waals surface area (Å²) in [6.45, 7) is 1.89. The van der Waals surface area contributed by atoms with Crippen LogP contribution in [-0.4, -0.2) is 33.0 Å². The largest absolute Gasteiger partial charge is 0.316 e. The predicted molar refractivity (Wildman–Crippen MR) is 84.6 cm³/mol. The van der Waals surface area contributed by atoms with Gasteiger partial charge in [0.15, 0.2) is 0 Å². The Balaban J connectivity index is 2.26. The molecule has 1 fully saturated rings. The number of thioether (sulfide) groups is 1. The van der Waals surface area contributed by atoms with Crippen LogP contribution in [0.1, 0.15) is 24.0 Å². The number of hydrogen-bond acceptors (Lipinski definition) is 4. The molecule has 118 valence electrons. The summed E-state index contributed by atoms with van der Waals surface area (Å²) in [7, 11) is -1.89. The van der Waals surface area contributed by atoms with Crippen molar-refractivity contribution in [1.82, 2.24) is 10.0 Å². The number of sulfonamides is 1. The molecule has 0 amide bonds. The SMILES string of the molecule is CNCc1cc(S(=O)(=O)NC2CCSCC2)cc(C)c1F. The second-order valence-corrected chi connectivity index (χ2v) is 8.19. The van der Waals surface area contributed by atoms with Crippen molar-refractivity contribution in [3.05, 3.63) is 29.1 Å². The van der Waals surface area contributed by atoms with Crippen LogP contribution in [0.4, 0.5) is 4.39 Å². The van der Waals surface area contributed by atoms with Crippen molar-refractivity contribution in [3.63, 3.8) is 0 Å². The van der Waals surface area contributed by atoms with Crippen molar-refractivity contribution < 1.29 is 12.8 Å². The van der Waals surface area contributed by atoms with Gasteiger partial charge in [0, 0.05) is 18.2 Å². The summed E-state index contributed by atoms with van der Waals surface area (Å²) in [5.41, 5.74) is 0.722. The van der Waals surface area contributed by atoms with Gasteiger partial charge >= 0.3 is 0 Å². The average Bonchev–Trinajstić information content (AvgIpc) is 2.44. The van der Waals surface area contributed by atoms with Gasteiger partial charge in [-0.05, 0) is 56.0 Å². The molecule has 7 heteroatoms. The highest BCUT2D eigenvalue weighted by atomic mass is 32.2. The van der Waals surface area contributed by atoms with Crippen LogP contribution in [-0.2, 0) is 16.6 Å². The third-order valence-corrected chi connectivity index (χ3v) is 6.07. The standard InChI is InChI=1S/C14H21FN2O2S2/c1-10-7-13(8-11(9-16-2)14(10)15)21(18,19)17-12-3-5-20-6-4-12/h7-8,12,16-17H,3-6,9H2,1-2H3. The first-order chi connectivity index (χ1) is 9.94. The molecule has 0 saturated carbocycles. The number of halogens is 1. The topological polar surface area (TPSA) is 58.2 Å². The van der Waals surface area contributed by atoms with E-state index in [4.69, 9.17) is 0 Å². The number of rotatable bonds is 5. The first kappa shape index (κ1) is 16.7. The summed E-state index contributed by atoms with van der Waals surface area (Å²) in [5.74, 6) is 1.60. The minimum absolute atomic E-state index is 0.0191. The molecule has 0 bridgehead atoms. The maximum absolute atomic E-state index is 14.0. The average molecular weight is 332 g/mol. The normalized spacial score (nSPS) is 17.1. The van der Waals surface area contributed by atoms with Crippen LogP contribution in [0.15, 0.2) is 17.0 Å². The van der Waals surface area contributed by atoms with Gasteiger partial charge in [-0.25, -0.2) is 17.5 Å². The second-order valence-electron chi connectivity index (χ2n) is 5.25. The van der Waals surface area contributed by atoms with E-state index < -0.39 is 10.0 Å². The van der Waals surface area contributed by atoms with Gasteiger partial charge in [0.2, 0.25) is 10.0 Å². The van der Waals surface area contributed by atoms with Gasteiger partial charge in [0.25, 0.3) is 0 Å². The molecular formula is C14H21FN2O2S2. The molecule has 0 spiro atoms. The van der Waals surface area contributed by atoms with Crippen LogP contribution < -0.4 is 10.0 Å². The van der Waals surface area contributed by atoms with Crippen LogP contribution in [0.2, 0.25) is 0 Å². The van der Waals surface area contributed by atoms with E-state index in [2.05, 4.69) is 10.0 Å². The Labute approximate surface area is 129 Å². The molecule has 2 N–H and O–H groups in total. The maximum Gasteiger partial charge on any atom is 0.240 e. The minimum Gasteiger partial charge on any atom is -0.316 e. The molecule has 1 heterocycles. The van der Waals surface area contributed by atoms with E-state index in [0.717, 1.165) is 24.3 Å². The Bertz CT molecular complexity index is 599. The Morgan fingerprint density at radius 1 is 1.33 bits per heavy atom. The fraction of sp³-hybridized carbons (Fsp3) is 0.571. The first-order valence-electron chi connectivity index (χ1n) is 6.97. The Morgan fingerprint density at radius 2 is 2.00 bits per heavy atom. The molecule has 0 aromatic heterocycles. The van der Waals surface area contributed by atoms with E-state index >= 15 is 0 Å².